The van der Waals surface area contributed by atoms with Gasteiger partial charge in [0.15, 0.2) is 0 Å². The van der Waals surface area contributed by atoms with Crippen molar-refractivity contribution in [2.75, 3.05) is 49.6 Å². The van der Waals surface area contributed by atoms with E-state index in [1.165, 1.54) is 0 Å². The number of fused-ring (bicyclic) bond motifs is 1. The van der Waals surface area contributed by atoms with Crippen LogP contribution in [0.1, 0.15) is 82.0 Å². The fraction of sp³-hybridized carbons (Fsp3) is 0.417. The number of amides is 3. The molecule has 5 rings (SSSR count). The van der Waals surface area contributed by atoms with Gasteiger partial charge in [-0.05, 0) is 105 Å². The van der Waals surface area contributed by atoms with Crippen molar-refractivity contribution in [1.82, 2.24) is 10.2 Å². The number of rotatable bonds is 10. The largest absolute Gasteiger partial charge is 0.378 e. The van der Waals surface area contributed by atoms with Gasteiger partial charge in [0.1, 0.15) is 0 Å². The van der Waals surface area contributed by atoms with E-state index in [4.69, 9.17) is 16.3 Å². The van der Waals surface area contributed by atoms with Gasteiger partial charge < -0.3 is 25.2 Å². The Bertz CT molecular complexity index is 1520. The molecule has 2 aliphatic rings. The Labute approximate surface area is 271 Å². The number of nitrogens with zero attached hydrogens (tertiary/aromatic N) is 2. The standard InChI is InChI=1S/C36H43ClN4O4/c1-25-9-5-6-10-29(25)35(43)39-28-14-15-30(26(2)23-28)36(44)41-18-8-11-32(31-24-27(37)13-16-33(31)41)38-17-7-3-4-12-34(42)40-19-21-45-22-20-40/h5-6,9-10,13-16,23-24,32,38H,3-4,7-8,11-12,17-22H2,1-2H3,(H,39,43). The Hall–Kier alpha value is -3.72. The molecule has 0 aromatic heterocycles. The third-order valence-corrected chi connectivity index (χ3v) is 8.94. The first-order valence-electron chi connectivity index (χ1n) is 16.0. The molecule has 3 aromatic rings. The number of unbranched alkanes of at least 4 members (excludes halogenated alkanes) is 2. The quantitative estimate of drug-likeness (QED) is 0.243. The summed E-state index contributed by atoms with van der Waals surface area (Å²) in [5.74, 6) is -0.0244. The van der Waals surface area contributed by atoms with Gasteiger partial charge in [0.25, 0.3) is 11.8 Å². The molecular formula is C36H43ClN4O4. The third kappa shape index (κ3) is 8.31. The second-order valence-corrected chi connectivity index (χ2v) is 12.3. The van der Waals surface area contributed by atoms with Crippen LogP contribution in [0.25, 0.3) is 0 Å². The maximum Gasteiger partial charge on any atom is 0.258 e. The van der Waals surface area contributed by atoms with E-state index in [0.29, 0.717) is 61.1 Å². The van der Waals surface area contributed by atoms with Crippen LogP contribution < -0.4 is 15.5 Å². The van der Waals surface area contributed by atoms with Gasteiger partial charge in [-0.1, -0.05) is 36.2 Å². The van der Waals surface area contributed by atoms with Crippen molar-refractivity contribution in [3.63, 3.8) is 0 Å². The number of benzene rings is 3. The smallest absolute Gasteiger partial charge is 0.258 e. The zero-order chi connectivity index (χ0) is 31.8. The maximum absolute atomic E-state index is 14.0. The van der Waals surface area contributed by atoms with Crippen molar-refractivity contribution in [1.29, 1.82) is 0 Å². The predicted octanol–water partition coefficient (Wildman–Crippen LogP) is 6.70. The molecule has 2 aliphatic heterocycles. The molecule has 238 valence electrons. The lowest BCUT2D eigenvalue weighted by Crippen LogP contribution is -2.40. The number of hydrogen-bond acceptors (Lipinski definition) is 5. The van der Waals surface area contributed by atoms with Crippen molar-refractivity contribution in [3.8, 4) is 0 Å². The Morgan fingerprint density at radius 1 is 0.889 bits per heavy atom. The number of hydrogen-bond donors (Lipinski definition) is 2. The summed E-state index contributed by atoms with van der Waals surface area (Å²) < 4.78 is 5.34. The summed E-state index contributed by atoms with van der Waals surface area (Å²) in [4.78, 5) is 43.0. The van der Waals surface area contributed by atoms with Crippen molar-refractivity contribution in [3.05, 3.63) is 93.5 Å². The van der Waals surface area contributed by atoms with Crippen LogP contribution in [-0.2, 0) is 9.53 Å². The molecule has 0 aliphatic carbocycles. The zero-order valence-corrected chi connectivity index (χ0v) is 27.0. The second kappa shape index (κ2) is 15.5. The molecule has 2 heterocycles. The number of halogens is 1. The monoisotopic (exact) mass is 630 g/mol. The fourth-order valence-corrected chi connectivity index (χ4v) is 6.36. The number of anilines is 2. The van der Waals surface area contributed by atoms with Crippen LogP contribution in [0, 0.1) is 13.8 Å². The molecule has 0 spiro atoms. The molecule has 8 nitrogen and oxygen atoms in total. The summed E-state index contributed by atoms with van der Waals surface area (Å²) >= 11 is 6.46. The first-order chi connectivity index (χ1) is 21.8. The van der Waals surface area contributed by atoms with Crippen molar-refractivity contribution in [2.24, 2.45) is 0 Å². The molecule has 1 atom stereocenters. The van der Waals surface area contributed by atoms with Crippen LogP contribution in [0.2, 0.25) is 5.02 Å². The average Bonchev–Trinajstić information content (AvgIpc) is 3.22. The van der Waals surface area contributed by atoms with Gasteiger partial charge in [0.2, 0.25) is 5.91 Å². The summed E-state index contributed by atoms with van der Waals surface area (Å²) in [6, 6.07) is 18.7. The summed E-state index contributed by atoms with van der Waals surface area (Å²) in [5.41, 5.74) is 5.46. The van der Waals surface area contributed by atoms with Gasteiger partial charge in [0, 0.05) is 59.6 Å². The highest BCUT2D eigenvalue weighted by Crippen LogP contribution is 2.36. The van der Waals surface area contributed by atoms with E-state index in [1.54, 1.807) is 18.2 Å². The molecule has 0 radical (unpaired) electrons. The molecule has 0 bridgehead atoms. The maximum atomic E-state index is 14.0. The van der Waals surface area contributed by atoms with Gasteiger partial charge in [-0.2, -0.15) is 0 Å². The van der Waals surface area contributed by atoms with Gasteiger partial charge in [-0.15, -0.1) is 0 Å². The SMILES string of the molecule is Cc1ccccc1C(=O)Nc1ccc(C(=O)N2CCCC(NCCCCCC(=O)N3CCOCC3)c3cc(Cl)ccc32)c(C)c1. The van der Waals surface area contributed by atoms with Crippen molar-refractivity contribution < 1.29 is 19.1 Å². The molecule has 1 saturated heterocycles. The van der Waals surface area contributed by atoms with E-state index in [2.05, 4.69) is 10.6 Å². The van der Waals surface area contributed by atoms with Crippen LogP contribution >= 0.6 is 11.6 Å². The summed E-state index contributed by atoms with van der Waals surface area (Å²) in [7, 11) is 0. The first-order valence-corrected chi connectivity index (χ1v) is 16.4. The van der Waals surface area contributed by atoms with Crippen molar-refractivity contribution in [2.45, 2.75) is 58.4 Å². The molecule has 1 unspecified atom stereocenters. The number of carbonyl (C=O) groups excluding carboxylic acids is 3. The van der Waals surface area contributed by atoms with E-state index in [9.17, 15) is 14.4 Å². The molecule has 2 N–H and O–H groups in total. The van der Waals surface area contributed by atoms with Crippen LogP contribution in [0.15, 0.2) is 60.7 Å². The Morgan fingerprint density at radius 3 is 2.47 bits per heavy atom. The Morgan fingerprint density at radius 2 is 1.69 bits per heavy atom. The number of aryl methyl sites for hydroxylation is 2. The number of ether oxygens (including phenoxy) is 1. The molecule has 1 fully saturated rings. The molecule has 3 aromatic carbocycles. The molecule has 3 amide bonds. The topological polar surface area (TPSA) is 91.0 Å². The number of nitrogens with one attached hydrogen (secondary N) is 2. The van der Waals surface area contributed by atoms with Crippen LogP contribution in [0.3, 0.4) is 0 Å². The van der Waals surface area contributed by atoms with E-state index in [-0.39, 0.29) is 23.8 Å². The number of carbonyl (C=O) groups is 3. The minimum absolute atomic E-state index is 0.0709. The third-order valence-electron chi connectivity index (χ3n) is 8.70. The minimum atomic E-state index is -0.176. The molecular weight excluding hydrogens is 588 g/mol. The normalized spacial score (nSPS) is 16.6. The fourth-order valence-electron chi connectivity index (χ4n) is 6.18. The van der Waals surface area contributed by atoms with Gasteiger partial charge in [-0.3, -0.25) is 14.4 Å². The summed E-state index contributed by atoms with van der Waals surface area (Å²) in [5, 5.41) is 7.31. The highest BCUT2D eigenvalue weighted by molar-refractivity contribution is 6.30. The summed E-state index contributed by atoms with van der Waals surface area (Å²) in [6.07, 6.45) is 5.13. The Balaban J connectivity index is 1.20. The average molecular weight is 631 g/mol. The highest BCUT2D eigenvalue weighted by Gasteiger charge is 2.28. The summed E-state index contributed by atoms with van der Waals surface area (Å²) in [6.45, 7) is 7.88. The van der Waals surface area contributed by atoms with Crippen molar-refractivity contribution >= 4 is 40.7 Å². The highest BCUT2D eigenvalue weighted by atomic mass is 35.5. The Kier molecular flexibility index (Phi) is 11.3. The van der Waals surface area contributed by atoms with Gasteiger partial charge >= 0.3 is 0 Å². The van der Waals surface area contributed by atoms with E-state index >= 15 is 0 Å². The lowest BCUT2D eigenvalue weighted by atomic mass is 10.0. The first kappa shape index (κ1) is 32.7. The lowest BCUT2D eigenvalue weighted by Gasteiger charge is -2.27. The predicted molar refractivity (Wildman–Crippen MR) is 179 cm³/mol. The molecule has 0 saturated carbocycles. The minimum Gasteiger partial charge on any atom is -0.378 e. The van der Waals surface area contributed by atoms with E-state index in [1.807, 2.05) is 66.1 Å². The van der Waals surface area contributed by atoms with Gasteiger partial charge in [0.05, 0.1) is 13.2 Å². The number of morpholine rings is 1. The van der Waals surface area contributed by atoms with Crippen LogP contribution in [0.4, 0.5) is 11.4 Å². The van der Waals surface area contributed by atoms with Crippen LogP contribution in [-0.4, -0.2) is 62.0 Å². The van der Waals surface area contributed by atoms with E-state index < -0.39 is 0 Å². The molecule has 9 heteroatoms. The van der Waals surface area contributed by atoms with Gasteiger partial charge in [-0.25, -0.2) is 0 Å². The zero-order valence-electron chi connectivity index (χ0n) is 26.2. The second-order valence-electron chi connectivity index (χ2n) is 11.9. The van der Waals surface area contributed by atoms with E-state index in [0.717, 1.165) is 61.0 Å². The van der Waals surface area contributed by atoms with Crippen LogP contribution in [0.5, 0.6) is 0 Å². The lowest BCUT2D eigenvalue weighted by molar-refractivity contribution is -0.135. The molecule has 45 heavy (non-hydrogen) atoms.